The second kappa shape index (κ2) is 9.11. The van der Waals surface area contributed by atoms with Gasteiger partial charge in [0.1, 0.15) is 12.4 Å². The third-order valence-electron chi connectivity index (χ3n) is 9.37. The topological polar surface area (TPSA) is 68.5 Å². The van der Waals surface area contributed by atoms with Crippen LogP contribution < -0.4 is 4.74 Å². The number of benzene rings is 3. The van der Waals surface area contributed by atoms with Gasteiger partial charge in [0.05, 0.1) is 11.1 Å². The van der Waals surface area contributed by atoms with Gasteiger partial charge in [-0.25, -0.2) is 0 Å². The molecule has 2 saturated carbocycles. The number of Topliss-reactive ketones (excluding diaryl/α,β-unsaturated/α-hetero) is 1. The first-order valence-corrected chi connectivity index (χ1v) is 14.2. The molecular formula is C34H33NO4. The number of carboxylic acid groups (broad SMARTS) is 1. The summed E-state index contributed by atoms with van der Waals surface area (Å²) in [7, 11) is 0. The lowest BCUT2D eigenvalue weighted by molar-refractivity contribution is -0.144. The summed E-state index contributed by atoms with van der Waals surface area (Å²) in [6.07, 6.45) is 6.58. The van der Waals surface area contributed by atoms with Crippen molar-refractivity contribution in [3.8, 4) is 17.0 Å². The Morgan fingerprint density at radius 3 is 2.54 bits per heavy atom. The standard InChI is InChI=1S/C34H33NO4/c1-21(36)24-12-14-27-30(16-24)35-20-34(33(37)38)18-29(34)28-17-25(39-19-22-8-4-2-5-9-22)13-15-26(28)32(35)31(27)23-10-6-3-7-11-23/h2,4-5,8-9,12-17,23,29H,3,6-7,10-11,18-20H2,1H3,(H,37,38). The molecule has 3 aromatic carbocycles. The average molecular weight is 520 g/mol. The Bertz CT molecular complexity index is 1610. The van der Waals surface area contributed by atoms with Gasteiger partial charge in [-0.2, -0.15) is 0 Å². The van der Waals surface area contributed by atoms with Gasteiger partial charge in [-0.05, 0) is 73.1 Å². The lowest BCUT2D eigenvalue weighted by Gasteiger charge is -2.24. The Morgan fingerprint density at radius 1 is 1.00 bits per heavy atom. The number of hydrogen-bond acceptors (Lipinski definition) is 3. The molecule has 2 heterocycles. The van der Waals surface area contributed by atoms with Gasteiger partial charge in [0.2, 0.25) is 0 Å². The van der Waals surface area contributed by atoms with Crippen molar-refractivity contribution in [1.82, 2.24) is 4.57 Å². The number of fused-ring (bicyclic) bond motifs is 7. The van der Waals surface area contributed by atoms with E-state index in [4.69, 9.17) is 4.74 Å². The Morgan fingerprint density at radius 2 is 1.79 bits per heavy atom. The van der Waals surface area contributed by atoms with Crippen LogP contribution in [-0.2, 0) is 17.9 Å². The van der Waals surface area contributed by atoms with Gasteiger partial charge in [-0.3, -0.25) is 9.59 Å². The van der Waals surface area contributed by atoms with E-state index in [1.165, 1.54) is 24.8 Å². The number of carboxylic acids is 1. The number of rotatable bonds is 6. The van der Waals surface area contributed by atoms with Crippen LogP contribution in [0.1, 0.15) is 84.3 Å². The summed E-state index contributed by atoms with van der Waals surface area (Å²) >= 11 is 0. The first kappa shape index (κ1) is 24.2. The normalized spacial score (nSPS) is 21.9. The molecule has 3 aliphatic rings. The van der Waals surface area contributed by atoms with Crippen molar-refractivity contribution in [3.63, 3.8) is 0 Å². The van der Waals surface area contributed by atoms with Crippen molar-refractivity contribution < 1.29 is 19.4 Å². The predicted octanol–water partition coefficient (Wildman–Crippen LogP) is 7.71. The monoisotopic (exact) mass is 519 g/mol. The minimum absolute atomic E-state index is 0.0261. The molecule has 4 aromatic rings. The van der Waals surface area contributed by atoms with Crippen LogP contribution in [0.5, 0.6) is 5.75 Å². The van der Waals surface area contributed by atoms with Crippen molar-refractivity contribution >= 4 is 22.7 Å². The lowest BCUT2D eigenvalue weighted by Crippen LogP contribution is -2.22. The number of ketones is 1. The Hall–Kier alpha value is -3.86. The molecule has 2 fully saturated rings. The molecule has 1 aliphatic heterocycles. The number of carbonyl (C=O) groups excluding carboxylic acids is 1. The molecule has 2 unspecified atom stereocenters. The lowest BCUT2D eigenvalue weighted by atomic mass is 9.81. The van der Waals surface area contributed by atoms with E-state index in [2.05, 4.69) is 22.8 Å². The molecule has 0 spiro atoms. The maximum Gasteiger partial charge on any atom is 0.312 e. The molecule has 1 aromatic heterocycles. The zero-order valence-corrected chi connectivity index (χ0v) is 22.3. The Labute approximate surface area is 228 Å². The van der Waals surface area contributed by atoms with Crippen LogP contribution in [0.4, 0.5) is 0 Å². The minimum Gasteiger partial charge on any atom is -0.489 e. The molecule has 7 rings (SSSR count). The van der Waals surface area contributed by atoms with Gasteiger partial charge < -0.3 is 14.4 Å². The Balaban J connectivity index is 1.43. The molecule has 2 atom stereocenters. The zero-order valence-electron chi connectivity index (χ0n) is 22.3. The highest BCUT2D eigenvalue weighted by atomic mass is 16.5. The summed E-state index contributed by atoms with van der Waals surface area (Å²) in [4.78, 5) is 25.2. The molecule has 5 heteroatoms. The first-order chi connectivity index (χ1) is 19.0. The summed E-state index contributed by atoms with van der Waals surface area (Å²) < 4.78 is 8.45. The zero-order chi connectivity index (χ0) is 26.7. The van der Waals surface area contributed by atoms with Gasteiger partial charge in [0.15, 0.2) is 5.78 Å². The summed E-state index contributed by atoms with van der Waals surface area (Å²) in [6.45, 7) is 2.48. The van der Waals surface area contributed by atoms with Gasteiger partial charge in [0, 0.05) is 34.5 Å². The van der Waals surface area contributed by atoms with Crippen LogP contribution in [0, 0.1) is 5.41 Å². The number of hydrogen-bond donors (Lipinski definition) is 1. The number of carbonyl (C=O) groups is 2. The van der Waals surface area contributed by atoms with Crippen LogP contribution in [-0.4, -0.2) is 21.4 Å². The largest absolute Gasteiger partial charge is 0.489 e. The molecular weight excluding hydrogens is 486 g/mol. The van der Waals surface area contributed by atoms with E-state index >= 15 is 0 Å². The summed E-state index contributed by atoms with van der Waals surface area (Å²) in [6, 6.07) is 22.4. The molecule has 39 heavy (non-hydrogen) atoms. The van der Waals surface area contributed by atoms with E-state index < -0.39 is 11.4 Å². The summed E-state index contributed by atoms with van der Waals surface area (Å²) in [5, 5.41) is 11.7. The molecule has 5 nitrogen and oxygen atoms in total. The average Bonchev–Trinajstić information content (AvgIpc) is 3.63. The third-order valence-corrected chi connectivity index (χ3v) is 9.37. The molecule has 2 aliphatic carbocycles. The maximum atomic E-state index is 12.8. The van der Waals surface area contributed by atoms with Crippen LogP contribution in [0.25, 0.3) is 22.2 Å². The van der Waals surface area contributed by atoms with Crippen LogP contribution >= 0.6 is 0 Å². The number of ether oxygens (including phenoxy) is 1. The van der Waals surface area contributed by atoms with Crippen LogP contribution in [0.15, 0.2) is 66.7 Å². The summed E-state index contributed by atoms with van der Waals surface area (Å²) in [5.74, 6) is 0.420. The van der Waals surface area contributed by atoms with E-state index in [0.717, 1.165) is 51.9 Å². The quantitative estimate of drug-likeness (QED) is 0.265. The van der Waals surface area contributed by atoms with E-state index in [-0.39, 0.29) is 11.7 Å². The molecule has 0 radical (unpaired) electrons. The van der Waals surface area contributed by atoms with E-state index in [0.29, 0.717) is 31.1 Å². The number of nitrogens with zero attached hydrogens (tertiary/aromatic N) is 1. The molecule has 0 saturated heterocycles. The smallest absolute Gasteiger partial charge is 0.312 e. The SMILES string of the molecule is CC(=O)c1ccc2c(C3CCCCC3)c3n(c2c1)CC1(C(=O)O)CC1c1cc(OCc2ccccc2)ccc1-3. The van der Waals surface area contributed by atoms with Gasteiger partial charge in [-0.1, -0.05) is 61.7 Å². The fourth-order valence-corrected chi connectivity index (χ4v) is 7.20. The van der Waals surface area contributed by atoms with E-state index in [9.17, 15) is 14.7 Å². The summed E-state index contributed by atoms with van der Waals surface area (Å²) in [5.41, 5.74) is 6.59. The highest BCUT2D eigenvalue weighted by molar-refractivity contribution is 6.01. The molecule has 0 bridgehead atoms. The van der Waals surface area contributed by atoms with Gasteiger partial charge >= 0.3 is 5.97 Å². The molecule has 1 N–H and O–H groups in total. The van der Waals surface area contributed by atoms with Gasteiger partial charge in [-0.15, -0.1) is 0 Å². The second-order valence-corrected chi connectivity index (χ2v) is 11.7. The van der Waals surface area contributed by atoms with Crippen molar-refractivity contribution in [3.05, 3.63) is 89.0 Å². The van der Waals surface area contributed by atoms with Crippen molar-refractivity contribution in [2.75, 3.05) is 0 Å². The fourth-order valence-electron chi connectivity index (χ4n) is 7.20. The Kier molecular flexibility index (Phi) is 5.66. The van der Waals surface area contributed by atoms with Gasteiger partial charge in [0.25, 0.3) is 0 Å². The fraction of sp³-hybridized carbons (Fsp3) is 0.353. The van der Waals surface area contributed by atoms with Crippen LogP contribution in [0.2, 0.25) is 0 Å². The van der Waals surface area contributed by atoms with Crippen LogP contribution in [0.3, 0.4) is 0 Å². The molecule has 0 amide bonds. The highest BCUT2D eigenvalue weighted by Gasteiger charge is 2.63. The number of aromatic nitrogens is 1. The first-order valence-electron chi connectivity index (χ1n) is 14.2. The van der Waals surface area contributed by atoms with Crippen molar-refractivity contribution in [1.29, 1.82) is 0 Å². The number of aliphatic carboxylic acids is 1. The van der Waals surface area contributed by atoms with Crippen molar-refractivity contribution in [2.45, 2.75) is 70.4 Å². The third kappa shape index (κ3) is 3.90. The van der Waals surface area contributed by atoms with Crippen molar-refractivity contribution in [2.24, 2.45) is 5.41 Å². The molecule has 198 valence electrons. The minimum atomic E-state index is -0.847. The van der Waals surface area contributed by atoms with E-state index in [1.54, 1.807) is 6.92 Å². The second-order valence-electron chi connectivity index (χ2n) is 11.7. The maximum absolute atomic E-state index is 12.8. The predicted molar refractivity (Wildman–Crippen MR) is 151 cm³/mol. The van der Waals surface area contributed by atoms with E-state index in [1.807, 2.05) is 48.5 Å². The highest BCUT2D eigenvalue weighted by Crippen LogP contribution is 2.65.